The minimum absolute atomic E-state index is 0.647. The van der Waals surface area contributed by atoms with Crippen molar-refractivity contribution < 1.29 is 0 Å². The Labute approximate surface area is 99.7 Å². The number of benzene rings is 1. The summed E-state index contributed by atoms with van der Waals surface area (Å²) in [6.45, 7) is 0.647. The highest BCUT2D eigenvalue weighted by Gasteiger charge is 2.03. The van der Waals surface area contributed by atoms with E-state index in [-0.39, 0.29) is 0 Å². The van der Waals surface area contributed by atoms with Gasteiger partial charge in [0, 0.05) is 28.9 Å². The molecule has 0 aliphatic rings. The van der Waals surface area contributed by atoms with E-state index in [2.05, 4.69) is 40.1 Å². The monoisotopic (exact) mass is 233 g/mol. The third-order valence-corrected chi connectivity index (χ3v) is 3.21. The minimum atomic E-state index is 0.647. The van der Waals surface area contributed by atoms with Gasteiger partial charge in [-0.1, -0.05) is 0 Å². The van der Waals surface area contributed by atoms with Crippen molar-refractivity contribution in [1.29, 1.82) is 0 Å². The molecule has 0 radical (unpaired) electrons. The zero-order valence-corrected chi connectivity index (χ0v) is 10.1. The van der Waals surface area contributed by atoms with Crippen molar-refractivity contribution in [1.82, 2.24) is 9.55 Å². The number of rotatable bonds is 4. The molecular formula is C12H15N3S. The van der Waals surface area contributed by atoms with Crippen LogP contribution in [0.4, 0.5) is 0 Å². The van der Waals surface area contributed by atoms with Gasteiger partial charge in [0.2, 0.25) is 0 Å². The SMILES string of the molecule is CSc1ccc(-n2cncc2CCN)cc1. The van der Waals surface area contributed by atoms with Crippen LogP contribution in [-0.2, 0) is 6.42 Å². The van der Waals surface area contributed by atoms with Gasteiger partial charge in [-0.05, 0) is 37.1 Å². The smallest absolute Gasteiger partial charge is 0.0994 e. The fraction of sp³-hybridized carbons (Fsp3) is 0.250. The molecule has 0 unspecified atom stereocenters. The number of hydrogen-bond acceptors (Lipinski definition) is 3. The molecule has 3 nitrogen and oxygen atoms in total. The fourth-order valence-electron chi connectivity index (χ4n) is 1.63. The summed E-state index contributed by atoms with van der Waals surface area (Å²) in [6, 6.07) is 8.44. The molecule has 2 aromatic rings. The van der Waals surface area contributed by atoms with Gasteiger partial charge in [0.15, 0.2) is 0 Å². The molecule has 0 aliphatic carbocycles. The van der Waals surface area contributed by atoms with Gasteiger partial charge in [0.25, 0.3) is 0 Å². The number of nitrogens with zero attached hydrogens (tertiary/aromatic N) is 2. The molecule has 0 aliphatic heterocycles. The Morgan fingerprint density at radius 3 is 2.69 bits per heavy atom. The second-order valence-electron chi connectivity index (χ2n) is 3.49. The zero-order valence-electron chi connectivity index (χ0n) is 9.26. The number of imidazole rings is 1. The van der Waals surface area contributed by atoms with Gasteiger partial charge in [-0.15, -0.1) is 11.8 Å². The van der Waals surface area contributed by atoms with Crippen LogP contribution in [0, 0.1) is 0 Å². The molecule has 1 aromatic carbocycles. The highest BCUT2D eigenvalue weighted by Crippen LogP contribution is 2.18. The largest absolute Gasteiger partial charge is 0.330 e. The standard InChI is InChI=1S/C12H15N3S/c1-16-12-4-2-10(3-5-12)15-9-14-8-11(15)6-7-13/h2-5,8-9H,6-7,13H2,1H3. The van der Waals surface area contributed by atoms with Gasteiger partial charge in [0.1, 0.15) is 0 Å². The first-order valence-electron chi connectivity index (χ1n) is 5.21. The van der Waals surface area contributed by atoms with Gasteiger partial charge in [-0.2, -0.15) is 0 Å². The first-order valence-corrected chi connectivity index (χ1v) is 6.43. The zero-order chi connectivity index (χ0) is 11.4. The lowest BCUT2D eigenvalue weighted by molar-refractivity contribution is 0.873. The van der Waals surface area contributed by atoms with E-state index in [0.717, 1.165) is 17.8 Å². The van der Waals surface area contributed by atoms with Crippen LogP contribution in [-0.4, -0.2) is 22.4 Å². The van der Waals surface area contributed by atoms with E-state index in [4.69, 9.17) is 5.73 Å². The van der Waals surface area contributed by atoms with Crippen molar-refractivity contribution in [3.8, 4) is 5.69 Å². The Kier molecular flexibility index (Phi) is 3.64. The van der Waals surface area contributed by atoms with E-state index in [0.29, 0.717) is 6.54 Å². The molecular weight excluding hydrogens is 218 g/mol. The van der Waals surface area contributed by atoms with Crippen LogP contribution in [0.15, 0.2) is 41.7 Å². The van der Waals surface area contributed by atoms with Crippen LogP contribution in [0.2, 0.25) is 0 Å². The Morgan fingerprint density at radius 2 is 2.06 bits per heavy atom. The first kappa shape index (κ1) is 11.2. The summed E-state index contributed by atoms with van der Waals surface area (Å²) in [7, 11) is 0. The second kappa shape index (κ2) is 5.18. The molecule has 0 fully saturated rings. The summed E-state index contributed by atoms with van der Waals surface area (Å²) < 4.78 is 2.08. The molecule has 2 N–H and O–H groups in total. The summed E-state index contributed by atoms with van der Waals surface area (Å²) >= 11 is 1.74. The number of thioether (sulfide) groups is 1. The highest BCUT2D eigenvalue weighted by molar-refractivity contribution is 7.98. The highest BCUT2D eigenvalue weighted by atomic mass is 32.2. The summed E-state index contributed by atoms with van der Waals surface area (Å²) in [6.07, 6.45) is 6.63. The van der Waals surface area contributed by atoms with Gasteiger partial charge < -0.3 is 10.3 Å². The van der Waals surface area contributed by atoms with Crippen LogP contribution in [0.1, 0.15) is 5.69 Å². The predicted molar refractivity (Wildman–Crippen MR) is 68.1 cm³/mol. The van der Waals surface area contributed by atoms with E-state index >= 15 is 0 Å². The number of aromatic nitrogens is 2. The first-order chi connectivity index (χ1) is 7.85. The molecule has 0 saturated carbocycles. The summed E-state index contributed by atoms with van der Waals surface area (Å²) in [5.74, 6) is 0. The van der Waals surface area contributed by atoms with Crippen molar-refractivity contribution in [2.75, 3.05) is 12.8 Å². The molecule has 84 valence electrons. The Bertz CT molecular complexity index is 448. The van der Waals surface area contributed by atoms with Crippen LogP contribution >= 0.6 is 11.8 Å². The maximum atomic E-state index is 5.57. The quantitative estimate of drug-likeness (QED) is 0.822. The molecule has 0 atom stereocenters. The van der Waals surface area contributed by atoms with Gasteiger partial charge in [0.05, 0.1) is 6.33 Å². The third kappa shape index (κ3) is 2.28. The average Bonchev–Trinajstić information content (AvgIpc) is 2.78. The predicted octanol–water partition coefficient (Wildman–Crippen LogP) is 2.10. The van der Waals surface area contributed by atoms with Gasteiger partial charge in [-0.25, -0.2) is 4.98 Å². The van der Waals surface area contributed by atoms with E-state index in [1.807, 2.05) is 12.5 Å². The third-order valence-electron chi connectivity index (χ3n) is 2.47. The van der Waals surface area contributed by atoms with Gasteiger partial charge >= 0.3 is 0 Å². The molecule has 1 heterocycles. The van der Waals surface area contributed by atoms with E-state index < -0.39 is 0 Å². The van der Waals surface area contributed by atoms with Crippen molar-refractivity contribution in [3.05, 3.63) is 42.5 Å². The topological polar surface area (TPSA) is 43.8 Å². The van der Waals surface area contributed by atoms with Crippen LogP contribution < -0.4 is 5.73 Å². The molecule has 0 saturated heterocycles. The summed E-state index contributed by atoms with van der Waals surface area (Å²) in [5.41, 5.74) is 7.86. The van der Waals surface area contributed by atoms with Crippen molar-refractivity contribution in [3.63, 3.8) is 0 Å². The summed E-state index contributed by atoms with van der Waals surface area (Å²) in [4.78, 5) is 5.43. The molecule has 0 amide bonds. The molecule has 1 aromatic heterocycles. The Hall–Kier alpha value is -1.26. The van der Waals surface area contributed by atoms with Crippen molar-refractivity contribution >= 4 is 11.8 Å². The summed E-state index contributed by atoms with van der Waals surface area (Å²) in [5, 5.41) is 0. The number of nitrogens with two attached hydrogens (primary N) is 1. The second-order valence-corrected chi connectivity index (χ2v) is 4.37. The van der Waals surface area contributed by atoms with Crippen molar-refractivity contribution in [2.24, 2.45) is 5.73 Å². The average molecular weight is 233 g/mol. The Balaban J connectivity index is 2.31. The lowest BCUT2D eigenvalue weighted by Gasteiger charge is -2.07. The maximum absolute atomic E-state index is 5.57. The van der Waals surface area contributed by atoms with E-state index in [9.17, 15) is 0 Å². The Morgan fingerprint density at radius 1 is 1.31 bits per heavy atom. The molecule has 0 bridgehead atoms. The maximum Gasteiger partial charge on any atom is 0.0994 e. The number of hydrogen-bond donors (Lipinski definition) is 1. The molecule has 4 heteroatoms. The van der Waals surface area contributed by atoms with Crippen molar-refractivity contribution in [2.45, 2.75) is 11.3 Å². The molecule has 0 spiro atoms. The van der Waals surface area contributed by atoms with Crippen LogP contribution in [0.3, 0.4) is 0 Å². The van der Waals surface area contributed by atoms with Crippen LogP contribution in [0.25, 0.3) is 5.69 Å². The van der Waals surface area contributed by atoms with Crippen LogP contribution in [0.5, 0.6) is 0 Å². The van der Waals surface area contributed by atoms with E-state index in [1.165, 1.54) is 4.90 Å². The molecule has 2 rings (SSSR count). The lowest BCUT2D eigenvalue weighted by atomic mass is 10.3. The minimum Gasteiger partial charge on any atom is -0.330 e. The van der Waals surface area contributed by atoms with E-state index in [1.54, 1.807) is 11.8 Å². The lowest BCUT2D eigenvalue weighted by Crippen LogP contribution is -2.07. The fourth-order valence-corrected chi connectivity index (χ4v) is 2.04. The van der Waals surface area contributed by atoms with Gasteiger partial charge in [-0.3, -0.25) is 0 Å². The normalized spacial score (nSPS) is 10.6. The molecule has 16 heavy (non-hydrogen) atoms.